The number of aliphatic hydroxyl groups is 1. The lowest BCUT2D eigenvalue weighted by molar-refractivity contribution is -0.147. The predicted octanol–water partition coefficient (Wildman–Crippen LogP) is 3.66. The number of aliphatic hydroxyl groups excluding tert-OH is 1. The van der Waals surface area contributed by atoms with Gasteiger partial charge < -0.3 is 40.3 Å². The maximum Gasteiger partial charge on any atom is 0.245 e. The van der Waals surface area contributed by atoms with Crippen LogP contribution in [0.2, 0.25) is 0 Å². The molecule has 51 heavy (non-hydrogen) atoms. The van der Waals surface area contributed by atoms with Gasteiger partial charge in [-0.15, -0.1) is 0 Å². The number of hydrogen-bond acceptors (Lipinski definition) is 8. The van der Waals surface area contributed by atoms with Crippen molar-refractivity contribution < 1.29 is 33.8 Å². The van der Waals surface area contributed by atoms with E-state index in [0.29, 0.717) is 18.5 Å². The summed E-state index contributed by atoms with van der Waals surface area (Å²) in [5.41, 5.74) is 0.770. The van der Waals surface area contributed by atoms with Gasteiger partial charge in [0, 0.05) is 33.5 Å². The molecule has 1 aromatic rings. The summed E-state index contributed by atoms with van der Waals surface area (Å²) in [5.74, 6) is -1.83. The van der Waals surface area contributed by atoms with Gasteiger partial charge in [-0.3, -0.25) is 19.2 Å². The molecule has 1 heterocycles. The van der Waals surface area contributed by atoms with Crippen molar-refractivity contribution in [2.24, 2.45) is 23.7 Å². The second kappa shape index (κ2) is 20.7. The second-order valence-corrected chi connectivity index (χ2v) is 14.7. The molecule has 1 aromatic carbocycles. The molecule has 1 aliphatic heterocycles. The highest BCUT2D eigenvalue weighted by Gasteiger charge is 2.43. The highest BCUT2D eigenvalue weighted by molar-refractivity contribution is 5.90. The number of likely N-dealkylation sites (tertiary alicyclic amines) is 1. The molecule has 9 atom stereocenters. The fraction of sp³-hybridized carbons (Fsp3) is 0.692. The minimum atomic E-state index is -1.07. The molecular weight excluding hydrogens is 650 g/mol. The smallest absolute Gasteiger partial charge is 0.245 e. The number of hydrogen-bond donors (Lipinski definition) is 4. The summed E-state index contributed by atoms with van der Waals surface area (Å²) in [4.78, 5) is 58.2. The topological polar surface area (TPSA) is 150 Å². The lowest BCUT2D eigenvalue weighted by Gasteiger charge is -2.41. The van der Waals surface area contributed by atoms with Gasteiger partial charge in [0.15, 0.2) is 0 Å². The van der Waals surface area contributed by atoms with Gasteiger partial charge in [0.2, 0.25) is 23.6 Å². The van der Waals surface area contributed by atoms with Crippen LogP contribution < -0.4 is 16.0 Å². The number of benzene rings is 1. The predicted molar refractivity (Wildman–Crippen MR) is 199 cm³/mol. The van der Waals surface area contributed by atoms with E-state index in [0.717, 1.165) is 12.8 Å². The van der Waals surface area contributed by atoms with Gasteiger partial charge in [-0.2, -0.15) is 0 Å². The Hall–Kier alpha value is -3.32. The molecule has 1 fully saturated rings. The molecule has 288 valence electrons. The number of methoxy groups -OCH3 is 2. The van der Waals surface area contributed by atoms with E-state index in [-0.39, 0.29) is 59.5 Å². The van der Waals surface area contributed by atoms with Crippen molar-refractivity contribution >= 4 is 23.6 Å². The summed E-state index contributed by atoms with van der Waals surface area (Å²) in [6.07, 6.45) is -0.161. The van der Waals surface area contributed by atoms with E-state index in [2.05, 4.69) is 22.5 Å². The van der Waals surface area contributed by atoms with E-state index in [9.17, 15) is 24.3 Å². The van der Waals surface area contributed by atoms with Gasteiger partial charge >= 0.3 is 0 Å². The molecule has 4 N–H and O–H groups in total. The summed E-state index contributed by atoms with van der Waals surface area (Å²) in [6.45, 7) is 17.9. The first kappa shape index (κ1) is 43.8. The lowest BCUT2D eigenvalue weighted by Crippen LogP contribution is -2.59. The molecule has 2 rings (SSSR count). The number of likely N-dealkylation sites (N-methyl/N-ethyl adjacent to an activating group) is 2. The molecule has 0 saturated carbocycles. The zero-order chi connectivity index (χ0) is 38.6. The Bertz CT molecular complexity index is 1290. The van der Waals surface area contributed by atoms with Gasteiger partial charge in [-0.1, -0.05) is 91.8 Å². The van der Waals surface area contributed by atoms with E-state index in [1.54, 1.807) is 62.2 Å². The van der Waals surface area contributed by atoms with Crippen LogP contribution in [0.4, 0.5) is 0 Å². The lowest BCUT2D eigenvalue weighted by atomic mass is 9.89. The summed E-state index contributed by atoms with van der Waals surface area (Å²) in [5, 5.41) is 19.5. The van der Waals surface area contributed by atoms with E-state index in [1.807, 2.05) is 47.6 Å². The molecule has 12 nitrogen and oxygen atoms in total. The number of amides is 4. The van der Waals surface area contributed by atoms with Crippen molar-refractivity contribution in [1.82, 2.24) is 25.8 Å². The Balaban J connectivity index is 2.24. The van der Waals surface area contributed by atoms with Gasteiger partial charge in [-0.25, -0.2) is 0 Å². The van der Waals surface area contributed by atoms with Crippen LogP contribution in [0, 0.1) is 23.7 Å². The molecule has 0 radical (unpaired) electrons. The van der Waals surface area contributed by atoms with Crippen molar-refractivity contribution in [1.29, 1.82) is 0 Å². The molecule has 0 spiro atoms. The van der Waals surface area contributed by atoms with Crippen molar-refractivity contribution in [3.63, 3.8) is 0 Å². The molecule has 12 heteroatoms. The largest absolute Gasteiger partial charge is 0.382 e. The molecule has 3 unspecified atom stereocenters. The molecular formula is C39H65N5O7. The monoisotopic (exact) mass is 715 g/mol. The molecule has 0 bridgehead atoms. The molecule has 0 aromatic heterocycles. The number of ether oxygens (including phenoxy) is 2. The molecule has 1 aliphatic rings. The number of rotatable bonds is 20. The van der Waals surface area contributed by atoms with Crippen LogP contribution in [-0.4, -0.2) is 110 Å². The number of carbonyl (C=O) groups is 4. The summed E-state index contributed by atoms with van der Waals surface area (Å²) in [6, 6.07) is 6.92. The van der Waals surface area contributed by atoms with Crippen LogP contribution in [0.3, 0.4) is 0 Å². The fourth-order valence-electron chi connectivity index (χ4n) is 7.23. The highest BCUT2D eigenvalue weighted by atomic mass is 16.5. The third kappa shape index (κ3) is 11.3. The van der Waals surface area contributed by atoms with Gasteiger partial charge in [0.25, 0.3) is 0 Å². The van der Waals surface area contributed by atoms with Crippen molar-refractivity contribution in [2.45, 2.75) is 117 Å². The van der Waals surface area contributed by atoms with E-state index in [1.165, 1.54) is 7.11 Å². The second-order valence-electron chi connectivity index (χ2n) is 14.7. The Labute approximate surface area is 306 Å². The summed E-state index contributed by atoms with van der Waals surface area (Å²) in [7, 11) is 6.53. The third-order valence-electron chi connectivity index (χ3n) is 10.5. The minimum absolute atomic E-state index is 0.0184. The zero-order valence-corrected chi connectivity index (χ0v) is 32.8. The van der Waals surface area contributed by atoms with Crippen LogP contribution >= 0.6 is 0 Å². The first-order valence-electron chi connectivity index (χ1n) is 18.4. The molecule has 4 amide bonds. The quantitative estimate of drug-likeness (QED) is 0.160. The minimum Gasteiger partial charge on any atom is -0.382 e. The van der Waals surface area contributed by atoms with Crippen molar-refractivity contribution in [3.8, 4) is 0 Å². The first-order valence-corrected chi connectivity index (χ1v) is 18.4. The van der Waals surface area contributed by atoms with Crippen molar-refractivity contribution in [2.75, 3.05) is 34.9 Å². The standard InChI is InChI=1S/C39H65N5O7/c1-13-25(6)34(43(10)39(49)33(24(4)5)42-38(48)32(40-9)23(2)3)30(50-11)22-31(45)44-21-17-20-29(44)36(51-12)26(7)37(47)41-27(8)35(46)28-18-15-14-16-19-28/h14-16,18-19,23-26,29-30,32-36,40,46H,8,13,17,20-22H2,1-7,9-12H3,(H,41,47)(H,42,48)/t25-,26?,29-,30+,32-,33?,34-,35+,36?/m0/s1. The first-order chi connectivity index (χ1) is 24.0. The van der Waals surface area contributed by atoms with Crippen LogP contribution in [0.25, 0.3) is 0 Å². The van der Waals surface area contributed by atoms with E-state index < -0.39 is 42.4 Å². The van der Waals surface area contributed by atoms with Gasteiger partial charge in [0.05, 0.1) is 42.7 Å². The average Bonchev–Trinajstić information content (AvgIpc) is 3.59. The van der Waals surface area contributed by atoms with Crippen LogP contribution in [0.5, 0.6) is 0 Å². The van der Waals surface area contributed by atoms with Gasteiger partial charge in [-0.05, 0) is 43.2 Å². The van der Waals surface area contributed by atoms with Crippen molar-refractivity contribution in [3.05, 3.63) is 48.2 Å². The van der Waals surface area contributed by atoms with Crippen LogP contribution in [0.1, 0.15) is 85.8 Å². The fourth-order valence-corrected chi connectivity index (χ4v) is 7.23. The summed E-state index contributed by atoms with van der Waals surface area (Å²) >= 11 is 0. The number of nitrogens with zero attached hydrogens (tertiary/aromatic N) is 2. The molecule has 1 saturated heterocycles. The van der Waals surface area contributed by atoms with E-state index in [4.69, 9.17) is 9.47 Å². The zero-order valence-electron chi connectivity index (χ0n) is 32.8. The van der Waals surface area contributed by atoms with E-state index >= 15 is 0 Å². The number of nitrogens with one attached hydrogen (secondary N) is 3. The SMILES string of the molecule is C=C(NC(=O)C(C)C(OC)[C@@H]1CCCN1C(=O)C[C@@H](OC)[C@H]([C@@H](C)CC)N(C)C(=O)C(NC(=O)[C@@H](NC)C(C)C)C(C)C)[C@@H](O)c1ccccc1. The molecule has 0 aliphatic carbocycles. The Morgan fingerprint density at radius 3 is 2.10 bits per heavy atom. The average molecular weight is 716 g/mol. The summed E-state index contributed by atoms with van der Waals surface area (Å²) < 4.78 is 11.9. The Morgan fingerprint density at radius 2 is 1.59 bits per heavy atom. The highest BCUT2D eigenvalue weighted by Crippen LogP contribution is 2.30. The third-order valence-corrected chi connectivity index (χ3v) is 10.5. The van der Waals surface area contributed by atoms with Crippen LogP contribution in [0.15, 0.2) is 42.6 Å². The Kier molecular flexibility index (Phi) is 17.8. The van der Waals surface area contributed by atoms with Crippen LogP contribution in [-0.2, 0) is 28.7 Å². The van der Waals surface area contributed by atoms with Gasteiger partial charge in [0.1, 0.15) is 12.1 Å². The number of carbonyl (C=O) groups excluding carboxylic acids is 4. The Morgan fingerprint density at radius 1 is 0.980 bits per heavy atom. The maximum absolute atomic E-state index is 14.1. The normalized spacial score (nSPS) is 19.4. The maximum atomic E-state index is 14.1.